The molecular formula is C13H21NO. The molecule has 0 saturated carbocycles. The number of methoxy groups -OCH3 is 1. The molecule has 0 heterocycles. The van der Waals surface area contributed by atoms with Crippen molar-refractivity contribution in [2.75, 3.05) is 21.2 Å². The third-order valence-corrected chi connectivity index (χ3v) is 3.01. The topological polar surface area (TPSA) is 12.5 Å². The maximum Gasteiger partial charge on any atom is 0.118 e. The van der Waals surface area contributed by atoms with E-state index in [4.69, 9.17) is 4.74 Å². The van der Waals surface area contributed by atoms with Gasteiger partial charge in [0.15, 0.2) is 0 Å². The Labute approximate surface area is 92.9 Å². The second-order valence-electron chi connectivity index (χ2n) is 4.73. The van der Waals surface area contributed by atoms with Gasteiger partial charge in [-0.15, -0.1) is 0 Å². The summed E-state index contributed by atoms with van der Waals surface area (Å²) in [6.45, 7) is 4.49. The number of hydrogen-bond acceptors (Lipinski definition) is 2. The highest BCUT2D eigenvalue weighted by Crippen LogP contribution is 2.19. The molecule has 2 nitrogen and oxygen atoms in total. The average Bonchev–Trinajstić information content (AvgIpc) is 2.18. The largest absolute Gasteiger partial charge is 0.497 e. The Balaban J connectivity index is 2.73. The highest BCUT2D eigenvalue weighted by Gasteiger charge is 2.20. The van der Waals surface area contributed by atoms with E-state index in [0.717, 1.165) is 12.2 Å². The van der Waals surface area contributed by atoms with Crippen LogP contribution < -0.4 is 4.74 Å². The van der Waals surface area contributed by atoms with Gasteiger partial charge in [-0.1, -0.05) is 12.1 Å². The minimum Gasteiger partial charge on any atom is -0.497 e. The van der Waals surface area contributed by atoms with Crippen LogP contribution in [0.2, 0.25) is 0 Å². The van der Waals surface area contributed by atoms with Gasteiger partial charge in [-0.3, -0.25) is 0 Å². The van der Waals surface area contributed by atoms with Gasteiger partial charge in [0.1, 0.15) is 5.75 Å². The van der Waals surface area contributed by atoms with E-state index in [-0.39, 0.29) is 5.54 Å². The van der Waals surface area contributed by atoms with Crippen molar-refractivity contribution in [3.05, 3.63) is 29.8 Å². The first-order valence-corrected chi connectivity index (χ1v) is 5.26. The van der Waals surface area contributed by atoms with Crippen LogP contribution in [0.1, 0.15) is 19.4 Å². The zero-order valence-electron chi connectivity index (χ0n) is 10.4. The minimum atomic E-state index is 0.189. The van der Waals surface area contributed by atoms with Gasteiger partial charge in [-0.2, -0.15) is 0 Å². The standard InChI is InChI=1S/C13H21NO/c1-13(2,14(3)4)10-11-6-8-12(15-5)9-7-11/h6-9H,10H2,1-5H3. The molecule has 0 atom stereocenters. The summed E-state index contributed by atoms with van der Waals surface area (Å²) in [5.74, 6) is 0.918. The predicted molar refractivity (Wildman–Crippen MR) is 64.5 cm³/mol. The number of hydrogen-bond donors (Lipinski definition) is 0. The molecule has 0 fully saturated rings. The van der Waals surface area contributed by atoms with Crippen molar-refractivity contribution in [3.63, 3.8) is 0 Å². The van der Waals surface area contributed by atoms with E-state index < -0.39 is 0 Å². The molecule has 0 saturated heterocycles. The Morgan fingerprint density at radius 3 is 2.07 bits per heavy atom. The molecule has 0 radical (unpaired) electrons. The zero-order valence-corrected chi connectivity index (χ0v) is 10.4. The second-order valence-corrected chi connectivity index (χ2v) is 4.73. The van der Waals surface area contributed by atoms with Gasteiger partial charge in [0.2, 0.25) is 0 Å². The summed E-state index contributed by atoms with van der Waals surface area (Å²) in [7, 11) is 5.92. The van der Waals surface area contributed by atoms with Crippen LogP contribution in [0.3, 0.4) is 0 Å². The average molecular weight is 207 g/mol. The number of likely N-dealkylation sites (N-methyl/N-ethyl adjacent to an activating group) is 1. The van der Waals surface area contributed by atoms with Crippen LogP contribution in [-0.4, -0.2) is 31.6 Å². The molecule has 0 aromatic heterocycles. The summed E-state index contributed by atoms with van der Waals surface area (Å²) in [5.41, 5.74) is 1.53. The molecule has 1 aromatic carbocycles. The second kappa shape index (κ2) is 4.67. The fourth-order valence-electron chi connectivity index (χ4n) is 1.40. The monoisotopic (exact) mass is 207 g/mol. The van der Waals surface area contributed by atoms with Crippen molar-refractivity contribution in [2.45, 2.75) is 25.8 Å². The molecule has 1 rings (SSSR count). The van der Waals surface area contributed by atoms with Crippen molar-refractivity contribution in [1.82, 2.24) is 4.90 Å². The van der Waals surface area contributed by atoms with Gasteiger partial charge in [0.25, 0.3) is 0 Å². The zero-order chi connectivity index (χ0) is 11.5. The molecule has 15 heavy (non-hydrogen) atoms. The lowest BCUT2D eigenvalue weighted by molar-refractivity contribution is 0.195. The van der Waals surface area contributed by atoms with Crippen LogP contribution in [0.5, 0.6) is 5.75 Å². The summed E-state index contributed by atoms with van der Waals surface area (Å²) in [4.78, 5) is 2.25. The fraction of sp³-hybridized carbons (Fsp3) is 0.538. The number of rotatable bonds is 4. The Kier molecular flexibility index (Phi) is 3.75. The van der Waals surface area contributed by atoms with E-state index in [2.05, 4.69) is 45.0 Å². The molecule has 0 spiro atoms. The number of benzene rings is 1. The van der Waals surface area contributed by atoms with Crippen LogP contribution >= 0.6 is 0 Å². The van der Waals surface area contributed by atoms with Crippen LogP contribution in [0.25, 0.3) is 0 Å². The molecule has 0 bridgehead atoms. The Bertz CT molecular complexity index is 301. The molecule has 1 aromatic rings. The van der Waals surface area contributed by atoms with Crippen molar-refractivity contribution >= 4 is 0 Å². The Morgan fingerprint density at radius 1 is 1.13 bits per heavy atom. The van der Waals surface area contributed by atoms with Gasteiger partial charge < -0.3 is 9.64 Å². The minimum absolute atomic E-state index is 0.189. The lowest BCUT2D eigenvalue weighted by Crippen LogP contribution is -2.40. The molecule has 0 aliphatic heterocycles. The SMILES string of the molecule is COc1ccc(CC(C)(C)N(C)C)cc1. The van der Waals surface area contributed by atoms with Gasteiger partial charge >= 0.3 is 0 Å². The normalized spacial score (nSPS) is 11.9. The van der Waals surface area contributed by atoms with Gasteiger partial charge in [-0.05, 0) is 52.1 Å². The van der Waals surface area contributed by atoms with Gasteiger partial charge in [0, 0.05) is 5.54 Å². The molecule has 2 heteroatoms. The highest BCUT2D eigenvalue weighted by atomic mass is 16.5. The predicted octanol–water partition coefficient (Wildman–Crippen LogP) is 2.58. The Hall–Kier alpha value is -1.02. The summed E-state index contributed by atoms with van der Waals surface area (Å²) >= 11 is 0. The van der Waals surface area contributed by atoms with Crippen molar-refractivity contribution in [1.29, 1.82) is 0 Å². The van der Waals surface area contributed by atoms with E-state index in [0.29, 0.717) is 0 Å². The third kappa shape index (κ3) is 3.24. The van der Waals surface area contributed by atoms with Crippen molar-refractivity contribution in [2.24, 2.45) is 0 Å². The van der Waals surface area contributed by atoms with Crippen LogP contribution in [0.15, 0.2) is 24.3 Å². The smallest absolute Gasteiger partial charge is 0.118 e. The first-order valence-electron chi connectivity index (χ1n) is 5.26. The maximum atomic E-state index is 5.14. The number of ether oxygens (including phenoxy) is 1. The molecule has 0 aliphatic rings. The third-order valence-electron chi connectivity index (χ3n) is 3.01. The highest BCUT2D eigenvalue weighted by molar-refractivity contribution is 5.28. The lowest BCUT2D eigenvalue weighted by Gasteiger charge is -2.32. The lowest BCUT2D eigenvalue weighted by atomic mass is 9.94. The Morgan fingerprint density at radius 2 is 1.67 bits per heavy atom. The molecule has 0 aliphatic carbocycles. The van der Waals surface area contributed by atoms with Crippen molar-refractivity contribution < 1.29 is 4.74 Å². The molecule has 0 unspecified atom stereocenters. The summed E-state index contributed by atoms with van der Waals surface area (Å²) in [6, 6.07) is 8.29. The summed E-state index contributed by atoms with van der Waals surface area (Å²) in [6.07, 6.45) is 1.05. The van der Waals surface area contributed by atoms with E-state index in [1.165, 1.54) is 5.56 Å². The molecular weight excluding hydrogens is 186 g/mol. The quantitative estimate of drug-likeness (QED) is 0.752. The first kappa shape index (κ1) is 12.1. The molecule has 0 N–H and O–H groups in total. The maximum absolute atomic E-state index is 5.14. The van der Waals surface area contributed by atoms with Gasteiger partial charge in [-0.25, -0.2) is 0 Å². The van der Waals surface area contributed by atoms with E-state index in [1.807, 2.05) is 12.1 Å². The molecule has 84 valence electrons. The van der Waals surface area contributed by atoms with Crippen LogP contribution in [0.4, 0.5) is 0 Å². The summed E-state index contributed by atoms with van der Waals surface area (Å²) in [5, 5.41) is 0. The van der Waals surface area contributed by atoms with E-state index >= 15 is 0 Å². The van der Waals surface area contributed by atoms with Gasteiger partial charge in [0.05, 0.1) is 7.11 Å². The van der Waals surface area contributed by atoms with E-state index in [1.54, 1.807) is 7.11 Å². The van der Waals surface area contributed by atoms with Crippen LogP contribution in [-0.2, 0) is 6.42 Å². The van der Waals surface area contributed by atoms with Crippen molar-refractivity contribution in [3.8, 4) is 5.75 Å². The summed E-state index contributed by atoms with van der Waals surface area (Å²) < 4.78 is 5.14. The molecule has 0 amide bonds. The number of nitrogens with zero attached hydrogens (tertiary/aromatic N) is 1. The first-order chi connectivity index (χ1) is 6.95. The fourth-order valence-corrected chi connectivity index (χ4v) is 1.40. The van der Waals surface area contributed by atoms with E-state index in [9.17, 15) is 0 Å². The van der Waals surface area contributed by atoms with Crippen LogP contribution in [0, 0.1) is 0 Å².